The van der Waals surface area contributed by atoms with Crippen LogP contribution in [-0.2, 0) is 37.3 Å². The van der Waals surface area contributed by atoms with Crippen molar-refractivity contribution in [3.63, 3.8) is 0 Å². The summed E-state index contributed by atoms with van der Waals surface area (Å²) in [6.45, 7) is 14.3. The number of hydrogen-bond acceptors (Lipinski definition) is 2. The van der Waals surface area contributed by atoms with Gasteiger partial charge in [-0.2, -0.15) is 0 Å². The monoisotopic (exact) mass is 801 g/mol. The maximum atomic E-state index is 16.4. The average Bonchev–Trinajstić information content (AvgIpc) is 2.96. The summed E-state index contributed by atoms with van der Waals surface area (Å²) in [6.07, 6.45) is 0. The number of aromatic nitrogens is 2. The molecule has 0 spiro atoms. The first-order valence-electron chi connectivity index (χ1n) is 15.0. The summed E-state index contributed by atoms with van der Waals surface area (Å²) in [5, 5.41) is 0. The Balaban J connectivity index is 0.00000417. The van der Waals surface area contributed by atoms with Gasteiger partial charge in [0.15, 0.2) is 0 Å². The van der Waals surface area contributed by atoms with Crippen LogP contribution in [0.2, 0.25) is 0 Å². The second kappa shape index (κ2) is 11.6. The Bertz CT molecular complexity index is 1860. The van der Waals surface area contributed by atoms with Gasteiger partial charge in [0.25, 0.3) is 0 Å². The van der Waals surface area contributed by atoms with Gasteiger partial charge in [0.2, 0.25) is 0 Å². The molecule has 6 rings (SSSR count). The van der Waals surface area contributed by atoms with Crippen molar-refractivity contribution >= 4 is 0 Å². The zero-order chi connectivity index (χ0) is 32.6. The van der Waals surface area contributed by atoms with E-state index < -0.39 is 39.5 Å². The minimum absolute atomic E-state index is 0. The molecule has 0 radical (unpaired) electrons. The SMILES string of the molecule is CC(C)(C)c1c(F)c2[c-]c(c1F)-c1cccc(n1)C(C)(C)c1cccc(n1)-c1[c-]c(c(F)c(C(C)(C)C)c1F)-c1cccc-2c1.[Pt+2]. The zero-order valence-corrected chi connectivity index (χ0v) is 29.3. The topological polar surface area (TPSA) is 25.8 Å². The number of rotatable bonds is 0. The van der Waals surface area contributed by atoms with Crippen molar-refractivity contribution in [3.8, 4) is 44.8 Å². The number of halogens is 4. The van der Waals surface area contributed by atoms with Crippen LogP contribution in [0.15, 0.2) is 60.7 Å². The van der Waals surface area contributed by atoms with Crippen molar-refractivity contribution < 1.29 is 38.6 Å². The fourth-order valence-corrected chi connectivity index (χ4v) is 6.04. The summed E-state index contributed by atoms with van der Waals surface area (Å²) < 4.78 is 65.5. The molecule has 3 heterocycles. The van der Waals surface area contributed by atoms with E-state index in [4.69, 9.17) is 9.97 Å². The first-order valence-corrected chi connectivity index (χ1v) is 15.0. The molecule has 5 aromatic rings. The predicted octanol–water partition coefficient (Wildman–Crippen LogP) is 10.5. The Hall–Kier alpha value is -3.63. The van der Waals surface area contributed by atoms with Crippen LogP contribution in [0.3, 0.4) is 0 Å². The normalized spacial score (nSPS) is 13.7. The third-order valence-electron chi connectivity index (χ3n) is 8.49. The first-order chi connectivity index (χ1) is 21.0. The molecule has 238 valence electrons. The third-order valence-corrected chi connectivity index (χ3v) is 8.49. The van der Waals surface area contributed by atoms with E-state index in [-0.39, 0.29) is 65.8 Å². The molecule has 0 atom stereocenters. The van der Waals surface area contributed by atoms with Gasteiger partial charge in [-0.1, -0.05) is 117 Å². The van der Waals surface area contributed by atoms with E-state index in [1.807, 2.05) is 26.0 Å². The largest absolute Gasteiger partial charge is 2.00 e. The fourth-order valence-electron chi connectivity index (χ4n) is 6.04. The van der Waals surface area contributed by atoms with Crippen LogP contribution in [0.25, 0.3) is 44.8 Å². The van der Waals surface area contributed by atoms with E-state index in [2.05, 4.69) is 12.1 Å². The molecular formula is C39H34F4N2Pt. The molecule has 2 aromatic heterocycles. The zero-order valence-electron chi connectivity index (χ0n) is 27.0. The van der Waals surface area contributed by atoms with Gasteiger partial charge in [-0.05, 0) is 47.9 Å². The van der Waals surface area contributed by atoms with E-state index in [1.165, 1.54) is 0 Å². The van der Waals surface area contributed by atoms with E-state index in [1.54, 1.807) is 90.1 Å². The van der Waals surface area contributed by atoms with Crippen LogP contribution >= 0.6 is 0 Å². The van der Waals surface area contributed by atoms with Gasteiger partial charge in [0.05, 0.1) is 23.3 Å². The second-order valence-corrected chi connectivity index (χ2v) is 14.3. The minimum atomic E-state index is -0.903. The minimum Gasteiger partial charge on any atom is -0.291 e. The van der Waals surface area contributed by atoms with Crippen LogP contribution in [0.1, 0.15) is 77.9 Å². The molecule has 46 heavy (non-hydrogen) atoms. The Morgan fingerprint density at radius 2 is 0.891 bits per heavy atom. The summed E-state index contributed by atoms with van der Waals surface area (Å²) in [5.41, 5.74) is -0.252. The van der Waals surface area contributed by atoms with Gasteiger partial charge in [0, 0.05) is 28.2 Å². The Kier molecular flexibility index (Phi) is 8.47. The van der Waals surface area contributed by atoms with Crippen LogP contribution in [0.5, 0.6) is 0 Å². The van der Waals surface area contributed by atoms with Gasteiger partial charge in [-0.3, -0.25) is 27.5 Å². The Labute approximate surface area is 282 Å². The molecule has 0 amide bonds. The molecule has 0 fully saturated rings. The third kappa shape index (κ3) is 5.53. The summed E-state index contributed by atoms with van der Waals surface area (Å²) >= 11 is 0. The van der Waals surface area contributed by atoms with Gasteiger partial charge in [-0.15, -0.1) is 18.2 Å². The van der Waals surface area contributed by atoms with Crippen molar-refractivity contribution in [2.75, 3.05) is 0 Å². The molecule has 3 aromatic carbocycles. The van der Waals surface area contributed by atoms with E-state index >= 15 is 17.6 Å². The summed E-state index contributed by atoms with van der Waals surface area (Å²) in [5.74, 6) is -2.98. The molecule has 0 saturated carbocycles. The molecular weight excluding hydrogens is 768 g/mol. The first kappa shape index (κ1) is 33.7. The van der Waals surface area contributed by atoms with Crippen LogP contribution in [-0.4, -0.2) is 9.97 Å². The van der Waals surface area contributed by atoms with Crippen molar-refractivity contribution in [1.82, 2.24) is 9.97 Å². The second-order valence-electron chi connectivity index (χ2n) is 14.3. The van der Waals surface area contributed by atoms with Crippen molar-refractivity contribution in [2.24, 2.45) is 0 Å². The van der Waals surface area contributed by atoms with Crippen LogP contribution in [0.4, 0.5) is 17.6 Å². The Morgan fingerprint density at radius 3 is 1.26 bits per heavy atom. The van der Waals surface area contributed by atoms with Gasteiger partial charge in [-0.25, -0.2) is 0 Å². The van der Waals surface area contributed by atoms with Gasteiger partial charge in [0.1, 0.15) is 0 Å². The number of nitrogens with zero attached hydrogens (tertiary/aromatic N) is 2. The number of hydrogen-bond donors (Lipinski definition) is 0. The standard InChI is InChI=1S/C39H34F4N2.Pt/c1-37(2,3)31-33(40)23-19-25(35(31)42)27-14-10-16-29(44-27)39(7,8)30-17-11-15-28(45-30)26-20-24(22-13-9-12-21(23)18-22)34(41)32(36(26)43)38(4,5)6;/h9-18H,1-8H3;/q-2;+2. The summed E-state index contributed by atoms with van der Waals surface area (Å²) in [6, 6.07) is 23.1. The summed E-state index contributed by atoms with van der Waals surface area (Å²) in [4.78, 5) is 9.72. The molecule has 0 unspecified atom stereocenters. The number of pyridine rings is 2. The molecule has 0 aliphatic carbocycles. The maximum absolute atomic E-state index is 16.4. The fraction of sp³-hybridized carbons (Fsp3) is 0.282. The van der Waals surface area contributed by atoms with E-state index in [9.17, 15) is 0 Å². The quantitative estimate of drug-likeness (QED) is 0.115. The van der Waals surface area contributed by atoms with Crippen LogP contribution < -0.4 is 0 Å². The van der Waals surface area contributed by atoms with Crippen molar-refractivity contribution in [2.45, 2.75) is 71.6 Å². The van der Waals surface area contributed by atoms with Crippen LogP contribution in [0, 0.1) is 35.4 Å². The van der Waals surface area contributed by atoms with E-state index in [0.29, 0.717) is 22.5 Å². The predicted molar refractivity (Wildman–Crippen MR) is 171 cm³/mol. The molecule has 7 heteroatoms. The van der Waals surface area contributed by atoms with Gasteiger partial charge < -0.3 is 0 Å². The maximum Gasteiger partial charge on any atom is 2.00 e. The number of fused-ring (bicyclic) bond motifs is 14. The average molecular weight is 802 g/mol. The summed E-state index contributed by atoms with van der Waals surface area (Å²) in [7, 11) is 0. The molecule has 10 bridgehead atoms. The Morgan fingerprint density at radius 1 is 0.543 bits per heavy atom. The van der Waals surface area contributed by atoms with E-state index in [0.717, 1.165) is 0 Å². The molecule has 1 aliphatic rings. The van der Waals surface area contributed by atoms with Gasteiger partial charge >= 0.3 is 21.1 Å². The molecule has 0 N–H and O–H groups in total. The van der Waals surface area contributed by atoms with Crippen molar-refractivity contribution in [3.05, 3.63) is 119 Å². The molecule has 1 aliphatic heterocycles. The molecule has 0 saturated heterocycles. The smallest absolute Gasteiger partial charge is 0.291 e. The van der Waals surface area contributed by atoms with Crippen molar-refractivity contribution in [1.29, 1.82) is 0 Å². The number of benzene rings is 3. The molecule has 2 nitrogen and oxygen atoms in total.